The van der Waals surface area contributed by atoms with Crippen molar-refractivity contribution in [2.75, 3.05) is 0 Å². The van der Waals surface area contributed by atoms with Gasteiger partial charge in [-0.05, 0) is 30.4 Å². The molecule has 0 fully saturated rings. The normalized spacial score (nSPS) is 11.2. The van der Waals surface area contributed by atoms with Crippen molar-refractivity contribution in [3.05, 3.63) is 11.1 Å². The molecule has 0 spiro atoms. The maximum Gasteiger partial charge on any atom is 0.225 e. The fourth-order valence-electron chi connectivity index (χ4n) is 1.45. The first kappa shape index (κ1) is 11.5. The number of aromatic nitrogens is 3. The molecular formula is C10H18ClN3. The highest BCUT2D eigenvalue weighted by Gasteiger charge is 2.07. The van der Waals surface area contributed by atoms with Crippen LogP contribution >= 0.6 is 11.6 Å². The highest BCUT2D eigenvalue weighted by molar-refractivity contribution is 6.28. The molecule has 1 heterocycles. The molecule has 80 valence electrons. The van der Waals surface area contributed by atoms with E-state index in [4.69, 9.17) is 11.6 Å². The SMILES string of the molecule is CCc1nnc(Cl)n1CCCC(C)C. The summed E-state index contributed by atoms with van der Waals surface area (Å²) in [6.07, 6.45) is 3.25. The Bertz CT molecular complexity index is 281. The lowest BCUT2D eigenvalue weighted by atomic mass is 10.1. The second-order valence-corrected chi connectivity index (χ2v) is 4.26. The highest BCUT2D eigenvalue weighted by Crippen LogP contribution is 2.12. The standard InChI is InChI=1S/C10H18ClN3/c1-4-9-12-13-10(11)14(9)7-5-6-8(2)3/h8H,4-7H2,1-3H3. The first-order valence-electron chi connectivity index (χ1n) is 5.22. The summed E-state index contributed by atoms with van der Waals surface area (Å²) in [6.45, 7) is 7.47. The number of hydrogen-bond donors (Lipinski definition) is 0. The van der Waals surface area contributed by atoms with E-state index in [1.807, 2.05) is 4.57 Å². The molecule has 0 atom stereocenters. The van der Waals surface area contributed by atoms with Crippen LogP contribution in [-0.2, 0) is 13.0 Å². The third-order valence-corrected chi connectivity index (χ3v) is 2.54. The minimum atomic E-state index is 0.519. The molecule has 0 N–H and O–H groups in total. The van der Waals surface area contributed by atoms with Crippen molar-refractivity contribution < 1.29 is 0 Å². The Morgan fingerprint density at radius 3 is 2.64 bits per heavy atom. The van der Waals surface area contributed by atoms with Crippen LogP contribution in [0.5, 0.6) is 0 Å². The van der Waals surface area contributed by atoms with Gasteiger partial charge in [0, 0.05) is 13.0 Å². The number of halogens is 1. The predicted octanol–water partition coefficient (Wildman–Crippen LogP) is 2.93. The van der Waals surface area contributed by atoms with Gasteiger partial charge in [0.15, 0.2) is 0 Å². The van der Waals surface area contributed by atoms with E-state index in [1.165, 1.54) is 6.42 Å². The average Bonchev–Trinajstić information content (AvgIpc) is 2.47. The average molecular weight is 216 g/mol. The van der Waals surface area contributed by atoms with Crippen LogP contribution in [0.25, 0.3) is 0 Å². The second-order valence-electron chi connectivity index (χ2n) is 3.93. The smallest absolute Gasteiger partial charge is 0.225 e. The van der Waals surface area contributed by atoms with E-state index in [1.54, 1.807) is 0 Å². The quantitative estimate of drug-likeness (QED) is 0.756. The van der Waals surface area contributed by atoms with Crippen LogP contribution in [0.1, 0.15) is 39.4 Å². The van der Waals surface area contributed by atoms with E-state index in [-0.39, 0.29) is 0 Å². The molecule has 14 heavy (non-hydrogen) atoms. The van der Waals surface area contributed by atoms with E-state index in [9.17, 15) is 0 Å². The van der Waals surface area contributed by atoms with Crippen molar-refractivity contribution in [3.8, 4) is 0 Å². The number of rotatable bonds is 5. The molecule has 0 saturated heterocycles. The number of hydrogen-bond acceptors (Lipinski definition) is 2. The van der Waals surface area contributed by atoms with Gasteiger partial charge in [-0.2, -0.15) is 0 Å². The van der Waals surface area contributed by atoms with Crippen molar-refractivity contribution in [2.45, 2.75) is 46.6 Å². The van der Waals surface area contributed by atoms with Gasteiger partial charge in [0.1, 0.15) is 5.82 Å². The largest absolute Gasteiger partial charge is 0.302 e. The Morgan fingerprint density at radius 1 is 1.36 bits per heavy atom. The molecule has 1 aromatic rings. The molecule has 1 rings (SSSR count). The van der Waals surface area contributed by atoms with Gasteiger partial charge in [-0.15, -0.1) is 10.2 Å². The lowest BCUT2D eigenvalue weighted by molar-refractivity contribution is 0.504. The van der Waals surface area contributed by atoms with Crippen LogP contribution in [0.3, 0.4) is 0 Å². The third kappa shape index (κ3) is 2.98. The number of aryl methyl sites for hydroxylation is 1. The molecule has 4 heteroatoms. The molecule has 0 aliphatic rings. The summed E-state index contributed by atoms with van der Waals surface area (Å²) in [7, 11) is 0. The molecule has 0 radical (unpaired) electrons. The Morgan fingerprint density at radius 2 is 2.07 bits per heavy atom. The summed E-state index contributed by atoms with van der Waals surface area (Å²) >= 11 is 5.93. The molecule has 0 aliphatic heterocycles. The zero-order chi connectivity index (χ0) is 10.6. The van der Waals surface area contributed by atoms with Gasteiger partial charge >= 0.3 is 0 Å². The van der Waals surface area contributed by atoms with Crippen molar-refractivity contribution in [3.63, 3.8) is 0 Å². The Kier molecular flexibility index (Phi) is 4.39. The van der Waals surface area contributed by atoms with E-state index in [2.05, 4.69) is 31.0 Å². The fraction of sp³-hybridized carbons (Fsp3) is 0.800. The van der Waals surface area contributed by atoms with Gasteiger partial charge in [-0.25, -0.2) is 0 Å². The van der Waals surface area contributed by atoms with E-state index in [0.29, 0.717) is 5.28 Å². The molecular weight excluding hydrogens is 198 g/mol. The Balaban J connectivity index is 2.52. The Hall–Kier alpha value is -0.570. The van der Waals surface area contributed by atoms with Crippen LogP contribution in [0.15, 0.2) is 0 Å². The summed E-state index contributed by atoms with van der Waals surface area (Å²) in [5.74, 6) is 1.73. The zero-order valence-electron chi connectivity index (χ0n) is 9.13. The summed E-state index contributed by atoms with van der Waals surface area (Å²) in [5.41, 5.74) is 0. The molecule has 0 bridgehead atoms. The molecule has 0 amide bonds. The lowest BCUT2D eigenvalue weighted by Gasteiger charge is -2.07. The molecule has 0 aliphatic carbocycles. The summed E-state index contributed by atoms with van der Waals surface area (Å²) in [4.78, 5) is 0. The molecule has 1 aromatic heterocycles. The van der Waals surface area contributed by atoms with Gasteiger partial charge in [-0.3, -0.25) is 0 Å². The van der Waals surface area contributed by atoms with Gasteiger partial charge in [0.25, 0.3) is 0 Å². The molecule has 0 aromatic carbocycles. The summed E-state index contributed by atoms with van der Waals surface area (Å²) in [6, 6.07) is 0. The maximum absolute atomic E-state index is 5.93. The molecule has 3 nitrogen and oxygen atoms in total. The minimum Gasteiger partial charge on any atom is -0.302 e. The lowest BCUT2D eigenvalue weighted by Crippen LogP contribution is -2.04. The minimum absolute atomic E-state index is 0.519. The van der Waals surface area contributed by atoms with E-state index < -0.39 is 0 Å². The second kappa shape index (κ2) is 5.35. The third-order valence-electron chi connectivity index (χ3n) is 2.26. The van der Waals surface area contributed by atoms with Gasteiger partial charge in [-0.1, -0.05) is 20.8 Å². The summed E-state index contributed by atoms with van der Waals surface area (Å²) in [5, 5.41) is 8.40. The van der Waals surface area contributed by atoms with E-state index >= 15 is 0 Å². The van der Waals surface area contributed by atoms with Crippen LogP contribution in [0.2, 0.25) is 5.28 Å². The first-order chi connectivity index (χ1) is 6.65. The molecule has 0 saturated carbocycles. The van der Waals surface area contributed by atoms with Gasteiger partial charge in [0.2, 0.25) is 5.28 Å². The van der Waals surface area contributed by atoms with Crippen LogP contribution in [0, 0.1) is 5.92 Å². The van der Waals surface area contributed by atoms with E-state index in [0.717, 1.165) is 31.1 Å². The van der Waals surface area contributed by atoms with Gasteiger partial charge in [0.05, 0.1) is 0 Å². The maximum atomic E-state index is 5.93. The van der Waals surface area contributed by atoms with Crippen molar-refractivity contribution >= 4 is 11.6 Å². The van der Waals surface area contributed by atoms with Crippen molar-refractivity contribution in [2.24, 2.45) is 5.92 Å². The van der Waals surface area contributed by atoms with Crippen molar-refractivity contribution in [1.29, 1.82) is 0 Å². The van der Waals surface area contributed by atoms with Crippen LogP contribution in [0.4, 0.5) is 0 Å². The van der Waals surface area contributed by atoms with Crippen molar-refractivity contribution in [1.82, 2.24) is 14.8 Å². The van der Waals surface area contributed by atoms with Gasteiger partial charge < -0.3 is 4.57 Å². The monoisotopic (exact) mass is 215 g/mol. The predicted molar refractivity (Wildman–Crippen MR) is 58.5 cm³/mol. The highest BCUT2D eigenvalue weighted by atomic mass is 35.5. The first-order valence-corrected chi connectivity index (χ1v) is 5.60. The fourth-order valence-corrected chi connectivity index (χ4v) is 1.67. The summed E-state index contributed by atoms with van der Waals surface area (Å²) < 4.78 is 2.00. The molecule has 0 unspecified atom stereocenters. The number of nitrogens with zero attached hydrogens (tertiary/aromatic N) is 3. The Labute approximate surface area is 90.5 Å². The topological polar surface area (TPSA) is 30.7 Å². The van der Waals surface area contributed by atoms with Crippen LogP contribution < -0.4 is 0 Å². The zero-order valence-corrected chi connectivity index (χ0v) is 9.88. The van der Waals surface area contributed by atoms with Crippen LogP contribution in [-0.4, -0.2) is 14.8 Å².